The van der Waals surface area contributed by atoms with Gasteiger partial charge in [-0.05, 0) is 35.9 Å². The third kappa shape index (κ3) is 4.53. The molecule has 2 aromatic carbocycles. The minimum atomic E-state index is -0.296. The van der Waals surface area contributed by atoms with E-state index in [1.807, 2.05) is 5.38 Å². The number of amides is 1. The summed E-state index contributed by atoms with van der Waals surface area (Å²) in [4.78, 5) is 21.9. The molecule has 2 aromatic heterocycles. The molecule has 1 amide bonds. The first kappa shape index (κ1) is 20.1. The zero-order chi connectivity index (χ0) is 20.4. The molecule has 0 unspecified atom stereocenters. The van der Waals surface area contributed by atoms with Crippen molar-refractivity contribution in [1.82, 2.24) is 9.97 Å². The van der Waals surface area contributed by atoms with Crippen LogP contribution >= 0.6 is 46.3 Å². The molecule has 0 aliphatic rings. The standard InChI is InChI=1S/C20H12Cl2FN3OS2/c21-12-3-6-15(22)16(7-12)26-17(27)9-29-20-18-14(8-28-19(18)24-10-25-20)11-1-4-13(23)5-2-11/h1-8,10H,9H2,(H,26,27). The van der Waals surface area contributed by atoms with E-state index in [-0.39, 0.29) is 17.5 Å². The van der Waals surface area contributed by atoms with Gasteiger partial charge in [-0.25, -0.2) is 14.4 Å². The number of nitrogens with zero attached hydrogens (tertiary/aromatic N) is 2. The molecule has 0 bridgehead atoms. The summed E-state index contributed by atoms with van der Waals surface area (Å²) in [7, 11) is 0. The van der Waals surface area contributed by atoms with E-state index in [4.69, 9.17) is 23.2 Å². The summed E-state index contributed by atoms with van der Waals surface area (Å²) < 4.78 is 13.3. The van der Waals surface area contributed by atoms with Gasteiger partial charge in [-0.15, -0.1) is 11.3 Å². The fourth-order valence-corrected chi connectivity index (χ4v) is 4.84. The topological polar surface area (TPSA) is 54.9 Å². The molecule has 0 radical (unpaired) electrons. The smallest absolute Gasteiger partial charge is 0.234 e. The molecule has 146 valence electrons. The molecule has 4 aromatic rings. The normalized spacial score (nSPS) is 11.0. The van der Waals surface area contributed by atoms with Gasteiger partial charge in [0.15, 0.2) is 0 Å². The lowest BCUT2D eigenvalue weighted by atomic mass is 10.1. The maximum absolute atomic E-state index is 13.3. The van der Waals surface area contributed by atoms with Crippen LogP contribution in [0.3, 0.4) is 0 Å². The molecule has 1 N–H and O–H groups in total. The number of carbonyl (C=O) groups is 1. The zero-order valence-corrected chi connectivity index (χ0v) is 17.8. The summed E-state index contributed by atoms with van der Waals surface area (Å²) in [6.45, 7) is 0. The number of fused-ring (bicyclic) bond motifs is 1. The molecule has 4 nitrogen and oxygen atoms in total. The first-order valence-electron chi connectivity index (χ1n) is 8.37. The Morgan fingerprint density at radius 3 is 2.72 bits per heavy atom. The molecule has 0 aliphatic heterocycles. The summed E-state index contributed by atoms with van der Waals surface area (Å²) in [5.74, 6) is -0.395. The Kier molecular flexibility index (Phi) is 6.01. The molecule has 2 heterocycles. The molecule has 0 aliphatic carbocycles. The Bertz CT molecular complexity index is 1200. The van der Waals surface area contributed by atoms with E-state index in [0.29, 0.717) is 20.8 Å². The van der Waals surface area contributed by atoms with Crippen LogP contribution in [0.5, 0.6) is 0 Å². The van der Waals surface area contributed by atoms with Crippen LogP contribution in [0, 0.1) is 5.82 Å². The minimum Gasteiger partial charge on any atom is -0.324 e. The van der Waals surface area contributed by atoms with Crippen molar-refractivity contribution < 1.29 is 9.18 Å². The van der Waals surface area contributed by atoms with Crippen LogP contribution in [0.25, 0.3) is 21.3 Å². The number of thioether (sulfide) groups is 1. The lowest BCUT2D eigenvalue weighted by molar-refractivity contribution is -0.113. The second kappa shape index (κ2) is 8.67. The van der Waals surface area contributed by atoms with Gasteiger partial charge in [-0.3, -0.25) is 4.79 Å². The first-order valence-corrected chi connectivity index (χ1v) is 11.0. The van der Waals surface area contributed by atoms with Crippen molar-refractivity contribution in [2.75, 3.05) is 11.1 Å². The van der Waals surface area contributed by atoms with Crippen molar-refractivity contribution in [1.29, 1.82) is 0 Å². The summed E-state index contributed by atoms with van der Waals surface area (Å²) in [6, 6.07) is 11.1. The van der Waals surface area contributed by atoms with Gasteiger partial charge < -0.3 is 5.32 Å². The van der Waals surface area contributed by atoms with Crippen molar-refractivity contribution in [2.45, 2.75) is 5.03 Å². The van der Waals surface area contributed by atoms with E-state index in [1.165, 1.54) is 41.6 Å². The third-order valence-corrected chi connectivity index (χ3v) is 6.47. The lowest BCUT2D eigenvalue weighted by Crippen LogP contribution is -2.14. The largest absolute Gasteiger partial charge is 0.324 e. The van der Waals surface area contributed by atoms with Gasteiger partial charge in [0.2, 0.25) is 5.91 Å². The van der Waals surface area contributed by atoms with E-state index in [0.717, 1.165) is 21.3 Å². The molecule has 0 fully saturated rings. The number of benzene rings is 2. The highest BCUT2D eigenvalue weighted by Crippen LogP contribution is 2.38. The predicted octanol–water partition coefficient (Wildman–Crippen LogP) is 6.54. The van der Waals surface area contributed by atoms with E-state index in [2.05, 4.69) is 15.3 Å². The van der Waals surface area contributed by atoms with Gasteiger partial charge in [0.05, 0.1) is 21.8 Å². The summed E-state index contributed by atoms with van der Waals surface area (Å²) in [5, 5.41) is 7.14. The van der Waals surface area contributed by atoms with Crippen LogP contribution in [0.4, 0.5) is 10.1 Å². The average Bonchev–Trinajstić information content (AvgIpc) is 3.14. The van der Waals surface area contributed by atoms with E-state index >= 15 is 0 Å². The zero-order valence-electron chi connectivity index (χ0n) is 14.7. The Hall–Kier alpha value is -2.19. The number of anilines is 1. The van der Waals surface area contributed by atoms with Crippen LogP contribution in [-0.2, 0) is 4.79 Å². The van der Waals surface area contributed by atoms with Crippen LogP contribution in [-0.4, -0.2) is 21.6 Å². The van der Waals surface area contributed by atoms with Crippen molar-refractivity contribution in [2.24, 2.45) is 0 Å². The third-order valence-electron chi connectivity index (χ3n) is 4.03. The van der Waals surface area contributed by atoms with Gasteiger partial charge in [0, 0.05) is 16.0 Å². The highest BCUT2D eigenvalue weighted by molar-refractivity contribution is 8.00. The van der Waals surface area contributed by atoms with Crippen molar-refractivity contribution in [3.05, 3.63) is 70.0 Å². The molecule has 0 atom stereocenters. The number of hydrogen-bond acceptors (Lipinski definition) is 5. The number of nitrogens with one attached hydrogen (secondary N) is 1. The monoisotopic (exact) mass is 463 g/mol. The maximum Gasteiger partial charge on any atom is 0.234 e. The van der Waals surface area contributed by atoms with E-state index in [1.54, 1.807) is 30.3 Å². The molecular formula is C20H12Cl2FN3OS2. The Morgan fingerprint density at radius 2 is 1.93 bits per heavy atom. The van der Waals surface area contributed by atoms with Gasteiger partial charge >= 0.3 is 0 Å². The van der Waals surface area contributed by atoms with Crippen LogP contribution < -0.4 is 5.32 Å². The summed E-state index contributed by atoms with van der Waals surface area (Å²) in [5.41, 5.74) is 2.23. The molecule has 0 saturated carbocycles. The first-order chi connectivity index (χ1) is 14.0. The Balaban J connectivity index is 1.56. The molecular weight excluding hydrogens is 452 g/mol. The number of hydrogen-bond donors (Lipinski definition) is 1. The second-order valence-electron chi connectivity index (χ2n) is 5.98. The van der Waals surface area contributed by atoms with Crippen LogP contribution in [0.15, 0.2) is 59.2 Å². The van der Waals surface area contributed by atoms with E-state index in [9.17, 15) is 9.18 Å². The number of rotatable bonds is 5. The minimum absolute atomic E-state index is 0.133. The highest BCUT2D eigenvalue weighted by Gasteiger charge is 2.15. The number of aromatic nitrogens is 2. The predicted molar refractivity (Wildman–Crippen MR) is 119 cm³/mol. The molecule has 29 heavy (non-hydrogen) atoms. The summed E-state index contributed by atoms with van der Waals surface area (Å²) >= 11 is 14.8. The van der Waals surface area contributed by atoms with Gasteiger partial charge in [-0.2, -0.15) is 0 Å². The molecule has 9 heteroatoms. The summed E-state index contributed by atoms with van der Waals surface area (Å²) in [6.07, 6.45) is 1.47. The van der Waals surface area contributed by atoms with Crippen LogP contribution in [0.2, 0.25) is 10.0 Å². The Labute approximate surface area is 184 Å². The lowest BCUT2D eigenvalue weighted by Gasteiger charge is -2.08. The number of halogens is 3. The number of thiophene rings is 1. The van der Waals surface area contributed by atoms with Crippen molar-refractivity contribution in [3.63, 3.8) is 0 Å². The fourth-order valence-electron chi connectivity index (χ4n) is 2.71. The molecule has 4 rings (SSSR count). The highest BCUT2D eigenvalue weighted by atomic mass is 35.5. The fraction of sp³-hybridized carbons (Fsp3) is 0.0500. The number of carbonyl (C=O) groups excluding carboxylic acids is 1. The molecule has 0 saturated heterocycles. The maximum atomic E-state index is 13.3. The second-order valence-corrected chi connectivity index (χ2v) is 8.64. The van der Waals surface area contributed by atoms with Gasteiger partial charge in [0.1, 0.15) is 22.0 Å². The van der Waals surface area contributed by atoms with Crippen molar-refractivity contribution >= 4 is 68.1 Å². The SMILES string of the molecule is O=C(CSc1ncnc2scc(-c3ccc(F)cc3)c12)Nc1cc(Cl)ccc1Cl. The van der Waals surface area contributed by atoms with Gasteiger partial charge in [0.25, 0.3) is 0 Å². The molecule has 0 spiro atoms. The van der Waals surface area contributed by atoms with Crippen LogP contribution in [0.1, 0.15) is 0 Å². The quantitative estimate of drug-likeness (QED) is 0.269. The van der Waals surface area contributed by atoms with Gasteiger partial charge in [-0.1, -0.05) is 47.1 Å². The average molecular weight is 464 g/mol. The van der Waals surface area contributed by atoms with E-state index < -0.39 is 0 Å². The Morgan fingerprint density at radius 1 is 1.14 bits per heavy atom. The van der Waals surface area contributed by atoms with Crippen molar-refractivity contribution in [3.8, 4) is 11.1 Å².